The third-order valence-electron chi connectivity index (χ3n) is 4.56. The van der Waals surface area contributed by atoms with Gasteiger partial charge in [-0.2, -0.15) is 4.98 Å². The van der Waals surface area contributed by atoms with Crippen LogP contribution in [0.1, 0.15) is 49.7 Å². The third-order valence-corrected chi connectivity index (χ3v) is 5.74. The molecule has 1 saturated carbocycles. The average molecular weight is 391 g/mol. The molecule has 0 saturated heterocycles. The van der Waals surface area contributed by atoms with Gasteiger partial charge in [0, 0.05) is 16.5 Å². The second-order valence-electron chi connectivity index (χ2n) is 6.35. The molecule has 1 fully saturated rings. The van der Waals surface area contributed by atoms with Crippen LogP contribution in [-0.2, 0) is 5.75 Å². The summed E-state index contributed by atoms with van der Waals surface area (Å²) in [4.78, 5) is 4.41. The number of nitrogens with zero attached hydrogens (tertiary/aromatic N) is 5. The minimum atomic E-state index is 0.413. The lowest BCUT2D eigenvalue weighted by Crippen LogP contribution is -2.18. The van der Waals surface area contributed by atoms with Gasteiger partial charge in [-0.3, -0.25) is 0 Å². The minimum absolute atomic E-state index is 0.413. The lowest BCUT2D eigenvalue weighted by atomic mass is 9.89. The highest BCUT2D eigenvalue weighted by atomic mass is 35.5. The van der Waals surface area contributed by atoms with Crippen molar-refractivity contribution >= 4 is 23.4 Å². The van der Waals surface area contributed by atoms with E-state index in [0.29, 0.717) is 33.6 Å². The van der Waals surface area contributed by atoms with Gasteiger partial charge < -0.3 is 10.4 Å². The highest BCUT2D eigenvalue weighted by molar-refractivity contribution is 7.98. The van der Waals surface area contributed by atoms with Gasteiger partial charge in [0.15, 0.2) is 5.82 Å². The predicted molar refractivity (Wildman–Crippen MR) is 100 cm³/mol. The molecule has 0 radical (unpaired) electrons. The van der Waals surface area contributed by atoms with Gasteiger partial charge in [0.2, 0.25) is 16.9 Å². The lowest BCUT2D eigenvalue weighted by molar-refractivity contribution is 0.391. The summed E-state index contributed by atoms with van der Waals surface area (Å²) in [5.41, 5.74) is 0.857. The predicted octanol–water partition coefficient (Wildman–Crippen LogP) is 4.04. The Balaban J connectivity index is 1.41. The van der Waals surface area contributed by atoms with Crippen molar-refractivity contribution in [3.05, 3.63) is 41.0 Å². The summed E-state index contributed by atoms with van der Waals surface area (Å²) in [6.45, 7) is 0. The molecule has 1 aliphatic rings. The van der Waals surface area contributed by atoms with Crippen molar-refractivity contribution in [3.8, 4) is 11.4 Å². The number of nitrogen functional groups attached to an aromatic ring is 1. The number of halogens is 1. The molecule has 9 heteroatoms. The molecular weight excluding hydrogens is 372 g/mol. The molecule has 1 aliphatic carbocycles. The van der Waals surface area contributed by atoms with E-state index >= 15 is 0 Å². The van der Waals surface area contributed by atoms with E-state index in [4.69, 9.17) is 22.0 Å². The minimum Gasteiger partial charge on any atom is -0.338 e. The molecule has 26 heavy (non-hydrogen) atoms. The van der Waals surface area contributed by atoms with Crippen molar-refractivity contribution in [1.82, 2.24) is 25.0 Å². The van der Waals surface area contributed by atoms with Gasteiger partial charge in [-0.05, 0) is 37.1 Å². The Hall–Kier alpha value is -2.06. The first-order valence-corrected chi connectivity index (χ1v) is 9.99. The summed E-state index contributed by atoms with van der Waals surface area (Å²) in [6.07, 6.45) is 6.02. The first kappa shape index (κ1) is 17.4. The average Bonchev–Trinajstić information content (AvgIpc) is 3.28. The van der Waals surface area contributed by atoms with Crippen LogP contribution in [0.15, 0.2) is 33.9 Å². The van der Waals surface area contributed by atoms with Crippen LogP contribution in [0.3, 0.4) is 0 Å². The number of rotatable bonds is 5. The van der Waals surface area contributed by atoms with Crippen LogP contribution < -0.4 is 5.84 Å². The van der Waals surface area contributed by atoms with Crippen molar-refractivity contribution < 1.29 is 4.52 Å². The Labute approximate surface area is 160 Å². The molecule has 3 aromatic rings. The number of nitrogens with two attached hydrogens (primary N) is 1. The molecule has 0 bridgehead atoms. The number of hydrogen-bond acceptors (Lipinski definition) is 7. The molecule has 0 aliphatic heterocycles. The summed E-state index contributed by atoms with van der Waals surface area (Å²) in [5.74, 6) is 9.03. The smallest absolute Gasteiger partial charge is 0.237 e. The van der Waals surface area contributed by atoms with Gasteiger partial charge in [0.1, 0.15) is 0 Å². The molecule has 0 spiro atoms. The van der Waals surface area contributed by atoms with Crippen molar-refractivity contribution in [2.45, 2.75) is 48.9 Å². The monoisotopic (exact) mass is 390 g/mol. The van der Waals surface area contributed by atoms with E-state index in [9.17, 15) is 0 Å². The normalized spacial score (nSPS) is 15.4. The Morgan fingerprint density at radius 2 is 1.92 bits per heavy atom. The third kappa shape index (κ3) is 3.71. The largest absolute Gasteiger partial charge is 0.338 e. The molecule has 0 amide bonds. The Kier molecular flexibility index (Phi) is 5.12. The Morgan fingerprint density at radius 1 is 1.15 bits per heavy atom. The van der Waals surface area contributed by atoms with Gasteiger partial charge in [0.05, 0.1) is 5.75 Å². The van der Waals surface area contributed by atoms with Gasteiger partial charge in [-0.25, -0.2) is 4.68 Å². The maximum Gasteiger partial charge on any atom is 0.237 e. The highest BCUT2D eigenvalue weighted by Crippen LogP contribution is 2.32. The van der Waals surface area contributed by atoms with E-state index < -0.39 is 0 Å². The fourth-order valence-electron chi connectivity index (χ4n) is 3.18. The number of aromatic nitrogens is 5. The summed E-state index contributed by atoms with van der Waals surface area (Å²) in [6, 6.07) is 7.31. The fraction of sp³-hybridized carbons (Fsp3) is 0.412. The molecule has 2 heterocycles. The second kappa shape index (κ2) is 7.67. The SMILES string of the molecule is Nn1c(SCc2nc(-c3ccc(Cl)cc3)no2)nnc1C1CCCCC1. The molecular formula is C17H19ClN6OS. The maximum absolute atomic E-state index is 6.20. The molecule has 1 aromatic carbocycles. The second-order valence-corrected chi connectivity index (χ2v) is 7.73. The van der Waals surface area contributed by atoms with E-state index in [1.807, 2.05) is 12.1 Å². The zero-order valence-electron chi connectivity index (χ0n) is 14.1. The van der Waals surface area contributed by atoms with Crippen LogP contribution in [0.4, 0.5) is 0 Å². The molecule has 136 valence electrons. The first-order chi connectivity index (χ1) is 12.7. The van der Waals surface area contributed by atoms with Crippen LogP contribution >= 0.6 is 23.4 Å². The van der Waals surface area contributed by atoms with Crippen molar-refractivity contribution in [3.63, 3.8) is 0 Å². The highest BCUT2D eigenvalue weighted by Gasteiger charge is 2.23. The summed E-state index contributed by atoms with van der Waals surface area (Å²) in [5, 5.41) is 13.9. The molecule has 2 aromatic heterocycles. The number of hydrogen-bond donors (Lipinski definition) is 1. The summed E-state index contributed by atoms with van der Waals surface area (Å²) < 4.78 is 6.93. The van der Waals surface area contributed by atoms with E-state index in [2.05, 4.69) is 20.3 Å². The maximum atomic E-state index is 6.20. The van der Waals surface area contributed by atoms with Crippen LogP contribution in [0, 0.1) is 0 Å². The van der Waals surface area contributed by atoms with E-state index in [1.54, 1.807) is 16.8 Å². The van der Waals surface area contributed by atoms with Crippen LogP contribution in [0.5, 0.6) is 0 Å². The van der Waals surface area contributed by atoms with E-state index in [-0.39, 0.29) is 0 Å². The Bertz CT molecular complexity index is 872. The van der Waals surface area contributed by atoms with Crippen molar-refractivity contribution in [1.29, 1.82) is 0 Å². The molecule has 0 unspecified atom stereocenters. The van der Waals surface area contributed by atoms with Gasteiger partial charge in [-0.15, -0.1) is 10.2 Å². The standard InChI is InChI=1S/C17H19ClN6OS/c18-13-8-6-11(7-9-13)15-20-14(25-23-15)10-26-17-22-21-16(24(17)19)12-4-2-1-3-5-12/h6-9,12H,1-5,10,19H2. The molecule has 7 nitrogen and oxygen atoms in total. The van der Waals surface area contributed by atoms with Crippen molar-refractivity contribution in [2.75, 3.05) is 5.84 Å². The van der Waals surface area contributed by atoms with E-state index in [0.717, 1.165) is 24.2 Å². The van der Waals surface area contributed by atoms with Gasteiger partial charge in [0.25, 0.3) is 0 Å². The number of thioether (sulfide) groups is 1. The summed E-state index contributed by atoms with van der Waals surface area (Å²) >= 11 is 7.34. The number of benzene rings is 1. The molecule has 0 atom stereocenters. The zero-order chi connectivity index (χ0) is 17.9. The molecule has 2 N–H and O–H groups in total. The topological polar surface area (TPSA) is 95.7 Å². The lowest BCUT2D eigenvalue weighted by Gasteiger charge is -2.20. The van der Waals surface area contributed by atoms with Gasteiger partial charge >= 0.3 is 0 Å². The van der Waals surface area contributed by atoms with E-state index in [1.165, 1.54) is 31.0 Å². The van der Waals surface area contributed by atoms with Crippen LogP contribution in [-0.4, -0.2) is 25.0 Å². The summed E-state index contributed by atoms with van der Waals surface area (Å²) in [7, 11) is 0. The first-order valence-electron chi connectivity index (χ1n) is 8.62. The fourth-order valence-corrected chi connectivity index (χ4v) is 4.01. The Morgan fingerprint density at radius 3 is 2.69 bits per heavy atom. The van der Waals surface area contributed by atoms with Crippen LogP contribution in [0.2, 0.25) is 5.02 Å². The van der Waals surface area contributed by atoms with Gasteiger partial charge in [-0.1, -0.05) is 47.8 Å². The molecule has 4 rings (SSSR count). The quantitative estimate of drug-likeness (QED) is 0.518. The zero-order valence-corrected chi connectivity index (χ0v) is 15.7. The van der Waals surface area contributed by atoms with Crippen molar-refractivity contribution in [2.24, 2.45) is 0 Å². The van der Waals surface area contributed by atoms with Crippen LogP contribution in [0.25, 0.3) is 11.4 Å².